The van der Waals surface area contributed by atoms with Crippen LogP contribution in [0.15, 0.2) is 54.6 Å². The summed E-state index contributed by atoms with van der Waals surface area (Å²) in [5, 5.41) is 2.59. The molecule has 4 heteroatoms. The Morgan fingerprint density at radius 3 is 2.03 bits per heavy atom. The molecule has 0 amide bonds. The molecule has 0 unspecified atom stereocenters. The number of ether oxygens (including phenoxy) is 3. The summed E-state index contributed by atoms with van der Waals surface area (Å²) >= 11 is 0. The van der Waals surface area contributed by atoms with E-state index >= 15 is 0 Å². The number of hydrogen-bond donors (Lipinski definition) is 0. The zero-order valence-electron chi connectivity index (χ0n) is 22.3. The van der Waals surface area contributed by atoms with E-state index in [1.54, 1.807) is 19.8 Å². The zero-order chi connectivity index (χ0) is 25.6. The highest BCUT2D eigenvalue weighted by Gasteiger charge is 2.52. The Hall–Kier alpha value is -2.69. The Labute approximate surface area is 220 Å². The van der Waals surface area contributed by atoms with Gasteiger partial charge in [0.15, 0.2) is 6.29 Å². The van der Waals surface area contributed by atoms with E-state index in [4.69, 9.17) is 14.2 Å². The Bertz CT molecular complexity index is 1250. The average Bonchev–Trinajstić information content (AvgIpc) is 2.92. The standard InChI is InChI=1S/C33H38O4/c1-35-31(36-2)11-10-28-15-27-9-8-26(24-4-6-25(7-5-24)32(34)37-3)16-29(27)17-30(28)33-18-21-12-22(19-33)14-23(13-21)20-33/h4-9,15-17,21-23,31H,10-14,18-20H2,1-3H3. The molecule has 0 aliphatic heterocycles. The minimum Gasteiger partial charge on any atom is -0.465 e. The van der Waals surface area contributed by atoms with Gasteiger partial charge in [0.05, 0.1) is 12.7 Å². The van der Waals surface area contributed by atoms with Crippen molar-refractivity contribution in [3.05, 3.63) is 71.3 Å². The molecule has 0 radical (unpaired) electrons. The van der Waals surface area contributed by atoms with Crippen molar-refractivity contribution in [3.63, 3.8) is 0 Å². The highest BCUT2D eigenvalue weighted by Crippen LogP contribution is 2.61. The number of benzene rings is 3. The quantitative estimate of drug-likeness (QED) is 0.241. The third-order valence-electron chi connectivity index (χ3n) is 9.49. The lowest BCUT2D eigenvalue weighted by Gasteiger charge is -2.57. The van der Waals surface area contributed by atoms with Gasteiger partial charge >= 0.3 is 5.97 Å². The summed E-state index contributed by atoms with van der Waals surface area (Å²) in [6.07, 6.45) is 10.1. The molecule has 0 spiro atoms. The summed E-state index contributed by atoms with van der Waals surface area (Å²) in [6, 6.07) is 19.4. The van der Waals surface area contributed by atoms with Crippen LogP contribution in [-0.2, 0) is 26.0 Å². The molecule has 0 saturated heterocycles. The van der Waals surface area contributed by atoms with Gasteiger partial charge in [0.25, 0.3) is 0 Å². The van der Waals surface area contributed by atoms with Crippen LogP contribution in [0.1, 0.15) is 66.4 Å². The van der Waals surface area contributed by atoms with E-state index < -0.39 is 0 Å². The van der Waals surface area contributed by atoms with Gasteiger partial charge in [-0.05, 0) is 119 Å². The van der Waals surface area contributed by atoms with Crippen LogP contribution in [0.4, 0.5) is 0 Å². The number of carbonyl (C=O) groups excluding carboxylic acids is 1. The van der Waals surface area contributed by atoms with Gasteiger partial charge in [0.1, 0.15) is 0 Å². The second-order valence-corrected chi connectivity index (χ2v) is 11.8. The normalized spacial score (nSPS) is 26.2. The molecule has 4 saturated carbocycles. The van der Waals surface area contributed by atoms with Crippen molar-refractivity contribution in [2.45, 2.75) is 63.1 Å². The summed E-state index contributed by atoms with van der Waals surface area (Å²) in [7, 11) is 4.88. The van der Waals surface area contributed by atoms with Gasteiger partial charge in [0, 0.05) is 20.6 Å². The lowest BCUT2D eigenvalue weighted by molar-refractivity contribution is -0.105. The molecule has 37 heavy (non-hydrogen) atoms. The highest BCUT2D eigenvalue weighted by molar-refractivity contribution is 5.91. The molecule has 4 aliphatic rings. The van der Waals surface area contributed by atoms with Gasteiger partial charge in [-0.3, -0.25) is 0 Å². The summed E-state index contributed by atoms with van der Waals surface area (Å²) in [5.41, 5.74) is 6.25. The first-order chi connectivity index (χ1) is 18.0. The lowest BCUT2D eigenvalue weighted by Crippen LogP contribution is -2.49. The molecule has 4 bridgehead atoms. The minimum absolute atomic E-state index is 0.171. The van der Waals surface area contributed by atoms with Crippen LogP contribution >= 0.6 is 0 Å². The summed E-state index contributed by atoms with van der Waals surface area (Å²) in [6.45, 7) is 0. The molecule has 3 aromatic rings. The van der Waals surface area contributed by atoms with Crippen LogP contribution in [0.3, 0.4) is 0 Å². The van der Waals surface area contributed by atoms with E-state index in [0.29, 0.717) is 11.0 Å². The van der Waals surface area contributed by atoms with Crippen LogP contribution in [0, 0.1) is 17.8 Å². The molecular weight excluding hydrogens is 460 g/mol. The summed E-state index contributed by atoms with van der Waals surface area (Å²) < 4.78 is 15.9. The maximum absolute atomic E-state index is 11.9. The van der Waals surface area contributed by atoms with Crippen LogP contribution in [0.25, 0.3) is 21.9 Å². The third kappa shape index (κ3) is 4.59. The molecule has 4 nitrogen and oxygen atoms in total. The van der Waals surface area contributed by atoms with Crippen molar-refractivity contribution in [1.29, 1.82) is 0 Å². The fraction of sp³-hybridized carbons (Fsp3) is 0.485. The zero-order valence-corrected chi connectivity index (χ0v) is 22.3. The van der Waals surface area contributed by atoms with E-state index in [9.17, 15) is 4.79 Å². The molecule has 0 aromatic heterocycles. The van der Waals surface area contributed by atoms with E-state index in [0.717, 1.165) is 36.2 Å². The van der Waals surface area contributed by atoms with Crippen LogP contribution in [0.2, 0.25) is 0 Å². The number of aryl methyl sites for hydroxylation is 1. The van der Waals surface area contributed by atoms with Crippen molar-refractivity contribution < 1.29 is 19.0 Å². The highest BCUT2D eigenvalue weighted by atomic mass is 16.7. The van der Waals surface area contributed by atoms with Gasteiger partial charge in [0.2, 0.25) is 0 Å². The number of carbonyl (C=O) groups is 1. The van der Waals surface area contributed by atoms with Gasteiger partial charge < -0.3 is 14.2 Å². The Morgan fingerprint density at radius 1 is 0.811 bits per heavy atom. The van der Waals surface area contributed by atoms with Gasteiger partial charge in [-0.1, -0.05) is 36.4 Å². The van der Waals surface area contributed by atoms with Crippen LogP contribution in [0.5, 0.6) is 0 Å². The molecule has 4 fully saturated rings. The molecule has 3 aromatic carbocycles. The average molecular weight is 499 g/mol. The molecule has 4 aliphatic carbocycles. The number of esters is 1. The fourth-order valence-corrected chi connectivity index (χ4v) is 8.19. The van der Waals surface area contributed by atoms with Crippen LogP contribution < -0.4 is 0 Å². The first-order valence-electron chi connectivity index (χ1n) is 13.8. The van der Waals surface area contributed by atoms with Crippen molar-refractivity contribution in [2.75, 3.05) is 21.3 Å². The largest absolute Gasteiger partial charge is 0.465 e. The molecule has 7 rings (SSSR count). The summed E-state index contributed by atoms with van der Waals surface area (Å²) in [4.78, 5) is 11.9. The maximum Gasteiger partial charge on any atom is 0.337 e. The molecule has 194 valence electrons. The number of rotatable bonds is 8. The predicted octanol–water partition coefficient (Wildman–Crippen LogP) is 7.31. The lowest BCUT2D eigenvalue weighted by atomic mass is 9.47. The maximum atomic E-state index is 11.9. The van der Waals surface area contributed by atoms with Crippen molar-refractivity contribution in [2.24, 2.45) is 17.8 Å². The smallest absolute Gasteiger partial charge is 0.337 e. The number of hydrogen-bond acceptors (Lipinski definition) is 4. The van der Waals surface area contributed by atoms with Crippen LogP contribution in [-0.4, -0.2) is 33.6 Å². The molecule has 0 atom stereocenters. The van der Waals surface area contributed by atoms with Crippen molar-refractivity contribution in [3.8, 4) is 11.1 Å². The van der Waals surface area contributed by atoms with E-state index in [1.165, 1.54) is 67.5 Å². The van der Waals surface area contributed by atoms with E-state index in [2.05, 4.69) is 30.3 Å². The second-order valence-electron chi connectivity index (χ2n) is 11.8. The molecular formula is C33H38O4. The first kappa shape index (κ1) is 24.6. The molecule has 0 heterocycles. The van der Waals surface area contributed by atoms with E-state index in [-0.39, 0.29) is 12.3 Å². The Morgan fingerprint density at radius 2 is 1.43 bits per heavy atom. The van der Waals surface area contributed by atoms with Gasteiger partial charge in [-0.15, -0.1) is 0 Å². The topological polar surface area (TPSA) is 44.8 Å². The number of methoxy groups -OCH3 is 3. The number of fused-ring (bicyclic) bond motifs is 1. The van der Waals surface area contributed by atoms with E-state index in [1.807, 2.05) is 24.3 Å². The Kier molecular flexibility index (Phi) is 6.58. The SMILES string of the molecule is COC(=O)c1ccc(-c2ccc3cc(CCC(OC)OC)c(C45CC6CC(CC(C6)C4)C5)cc3c2)cc1. The molecule has 0 N–H and O–H groups in total. The van der Waals surface area contributed by atoms with Gasteiger partial charge in [-0.2, -0.15) is 0 Å². The predicted molar refractivity (Wildman–Crippen MR) is 147 cm³/mol. The monoisotopic (exact) mass is 498 g/mol. The summed E-state index contributed by atoms with van der Waals surface area (Å²) in [5.74, 6) is 2.41. The second kappa shape index (κ2) is 9.89. The van der Waals surface area contributed by atoms with Gasteiger partial charge in [-0.25, -0.2) is 4.79 Å². The minimum atomic E-state index is -0.304. The first-order valence-corrected chi connectivity index (χ1v) is 13.8. The third-order valence-corrected chi connectivity index (χ3v) is 9.49. The fourth-order valence-electron chi connectivity index (χ4n) is 8.19. The van der Waals surface area contributed by atoms with Crippen molar-refractivity contribution >= 4 is 16.7 Å². The Balaban J connectivity index is 1.40. The van der Waals surface area contributed by atoms with Crippen molar-refractivity contribution in [1.82, 2.24) is 0 Å².